The fraction of sp³-hybridized carbons (Fsp3) is 0.273. The number of aromatic nitrogens is 3. The van der Waals surface area contributed by atoms with E-state index in [1.54, 1.807) is 23.4 Å². The van der Waals surface area contributed by atoms with Crippen LogP contribution in [0.4, 0.5) is 0 Å². The van der Waals surface area contributed by atoms with Gasteiger partial charge in [0.15, 0.2) is 0 Å². The van der Waals surface area contributed by atoms with E-state index in [4.69, 9.17) is 0 Å². The average molecular weight is 389 g/mol. The van der Waals surface area contributed by atoms with Gasteiger partial charge in [-0.15, -0.1) is 0 Å². The lowest BCUT2D eigenvalue weighted by atomic mass is 10.1. The smallest absolute Gasteiger partial charge is 0.272 e. The van der Waals surface area contributed by atoms with E-state index in [1.807, 2.05) is 48.2 Å². The zero-order chi connectivity index (χ0) is 20.2. The fourth-order valence-electron chi connectivity index (χ4n) is 3.51. The van der Waals surface area contributed by atoms with E-state index in [1.165, 1.54) is 0 Å². The van der Waals surface area contributed by atoms with Gasteiger partial charge in [0.25, 0.3) is 5.91 Å². The third-order valence-electron chi connectivity index (χ3n) is 5.31. The van der Waals surface area contributed by atoms with Crippen molar-refractivity contribution >= 4 is 11.8 Å². The van der Waals surface area contributed by atoms with Crippen LogP contribution in [0, 0.1) is 6.92 Å². The van der Waals surface area contributed by atoms with Crippen LogP contribution in [0.25, 0.3) is 11.3 Å². The summed E-state index contributed by atoms with van der Waals surface area (Å²) in [4.78, 5) is 33.0. The molecule has 3 heterocycles. The van der Waals surface area contributed by atoms with Crippen LogP contribution in [0.2, 0.25) is 0 Å². The Morgan fingerprint density at radius 2 is 1.69 bits per heavy atom. The van der Waals surface area contributed by atoms with E-state index in [2.05, 4.69) is 15.2 Å². The first-order valence-corrected chi connectivity index (χ1v) is 9.69. The SMILES string of the molecule is Cc1ccccc1CC(=O)N1CCN(C(=O)c2cc(-c3ccncc3)n[nH]2)CC1. The molecule has 0 radical (unpaired) electrons. The Balaban J connectivity index is 1.35. The Kier molecular flexibility index (Phi) is 5.37. The van der Waals surface area contributed by atoms with Gasteiger partial charge in [-0.2, -0.15) is 5.10 Å². The van der Waals surface area contributed by atoms with E-state index < -0.39 is 0 Å². The normalized spacial score (nSPS) is 14.1. The van der Waals surface area contributed by atoms with Gasteiger partial charge < -0.3 is 9.80 Å². The summed E-state index contributed by atoms with van der Waals surface area (Å²) >= 11 is 0. The number of aromatic amines is 1. The van der Waals surface area contributed by atoms with Crippen molar-refractivity contribution in [1.29, 1.82) is 0 Å². The second-order valence-corrected chi connectivity index (χ2v) is 7.18. The van der Waals surface area contributed by atoms with Crippen LogP contribution < -0.4 is 0 Å². The fourth-order valence-corrected chi connectivity index (χ4v) is 3.51. The van der Waals surface area contributed by atoms with Gasteiger partial charge in [-0.1, -0.05) is 24.3 Å². The number of carbonyl (C=O) groups is 2. The number of nitrogens with zero attached hydrogens (tertiary/aromatic N) is 4. The van der Waals surface area contributed by atoms with Crippen molar-refractivity contribution in [1.82, 2.24) is 25.0 Å². The molecule has 1 aliphatic rings. The number of hydrogen-bond acceptors (Lipinski definition) is 4. The second kappa shape index (κ2) is 8.26. The topological polar surface area (TPSA) is 82.2 Å². The lowest BCUT2D eigenvalue weighted by molar-refractivity contribution is -0.131. The molecule has 1 saturated heterocycles. The van der Waals surface area contributed by atoms with Crippen molar-refractivity contribution in [3.8, 4) is 11.3 Å². The minimum Gasteiger partial charge on any atom is -0.339 e. The van der Waals surface area contributed by atoms with Crippen LogP contribution in [0.5, 0.6) is 0 Å². The molecule has 4 rings (SSSR count). The number of carbonyl (C=O) groups excluding carboxylic acids is 2. The monoisotopic (exact) mass is 389 g/mol. The first kappa shape index (κ1) is 18.9. The molecular weight excluding hydrogens is 366 g/mol. The van der Waals surface area contributed by atoms with Crippen molar-refractivity contribution in [2.75, 3.05) is 26.2 Å². The minimum absolute atomic E-state index is 0.0937. The van der Waals surface area contributed by atoms with Gasteiger partial charge >= 0.3 is 0 Å². The van der Waals surface area contributed by atoms with Gasteiger partial charge in [0.1, 0.15) is 5.69 Å². The molecule has 7 heteroatoms. The molecule has 1 aromatic carbocycles. The molecule has 0 aliphatic carbocycles. The zero-order valence-corrected chi connectivity index (χ0v) is 16.3. The summed E-state index contributed by atoms with van der Waals surface area (Å²) in [5, 5.41) is 7.07. The van der Waals surface area contributed by atoms with Gasteiger partial charge in [0.2, 0.25) is 5.91 Å². The standard InChI is InChI=1S/C22H23N5O2/c1-16-4-2-3-5-18(16)14-21(28)26-10-12-27(13-11-26)22(29)20-15-19(24-25-20)17-6-8-23-9-7-17/h2-9,15H,10-14H2,1H3,(H,24,25). The molecule has 1 aliphatic heterocycles. The van der Waals surface area contributed by atoms with Gasteiger partial charge in [-0.05, 0) is 36.2 Å². The molecule has 0 unspecified atom stereocenters. The highest BCUT2D eigenvalue weighted by molar-refractivity contribution is 5.93. The first-order chi connectivity index (χ1) is 14.1. The molecule has 29 heavy (non-hydrogen) atoms. The first-order valence-electron chi connectivity index (χ1n) is 9.69. The number of nitrogens with one attached hydrogen (secondary N) is 1. The Bertz CT molecular complexity index is 1010. The van der Waals surface area contributed by atoms with E-state index >= 15 is 0 Å². The number of amides is 2. The molecule has 2 amide bonds. The highest BCUT2D eigenvalue weighted by Crippen LogP contribution is 2.18. The Morgan fingerprint density at radius 3 is 2.41 bits per heavy atom. The number of piperazine rings is 1. The number of pyridine rings is 1. The largest absolute Gasteiger partial charge is 0.339 e. The quantitative estimate of drug-likeness (QED) is 0.742. The lowest BCUT2D eigenvalue weighted by Crippen LogP contribution is -2.51. The summed E-state index contributed by atoms with van der Waals surface area (Å²) in [7, 11) is 0. The lowest BCUT2D eigenvalue weighted by Gasteiger charge is -2.34. The van der Waals surface area contributed by atoms with Crippen LogP contribution in [-0.2, 0) is 11.2 Å². The van der Waals surface area contributed by atoms with Gasteiger partial charge in [0, 0.05) is 44.1 Å². The summed E-state index contributed by atoms with van der Waals surface area (Å²) in [6.45, 7) is 4.14. The van der Waals surface area contributed by atoms with Crippen LogP contribution >= 0.6 is 0 Å². The molecule has 7 nitrogen and oxygen atoms in total. The van der Waals surface area contributed by atoms with Crippen LogP contribution in [0.1, 0.15) is 21.6 Å². The third kappa shape index (κ3) is 4.18. The van der Waals surface area contributed by atoms with Crippen LogP contribution in [0.15, 0.2) is 54.9 Å². The van der Waals surface area contributed by atoms with Crippen molar-refractivity contribution in [3.63, 3.8) is 0 Å². The zero-order valence-electron chi connectivity index (χ0n) is 16.3. The molecule has 3 aromatic rings. The molecule has 0 saturated carbocycles. The maximum atomic E-state index is 12.8. The number of rotatable bonds is 4. The molecule has 0 spiro atoms. The van der Waals surface area contributed by atoms with Crippen molar-refractivity contribution in [2.24, 2.45) is 0 Å². The number of benzene rings is 1. The van der Waals surface area contributed by atoms with Crippen LogP contribution in [-0.4, -0.2) is 63.0 Å². The molecule has 2 aromatic heterocycles. The minimum atomic E-state index is -0.0937. The summed E-state index contributed by atoms with van der Waals surface area (Å²) in [5.74, 6) is 0.0109. The highest BCUT2D eigenvalue weighted by Gasteiger charge is 2.26. The Labute approximate surface area is 169 Å². The van der Waals surface area contributed by atoms with Gasteiger partial charge in [-0.25, -0.2) is 0 Å². The predicted molar refractivity (Wildman–Crippen MR) is 109 cm³/mol. The van der Waals surface area contributed by atoms with E-state index in [0.717, 1.165) is 16.7 Å². The second-order valence-electron chi connectivity index (χ2n) is 7.18. The van der Waals surface area contributed by atoms with E-state index in [0.29, 0.717) is 44.0 Å². The number of hydrogen-bond donors (Lipinski definition) is 1. The maximum Gasteiger partial charge on any atom is 0.272 e. The third-order valence-corrected chi connectivity index (χ3v) is 5.31. The summed E-state index contributed by atoms with van der Waals surface area (Å²) in [5.41, 5.74) is 4.25. The van der Waals surface area contributed by atoms with Gasteiger partial charge in [-0.3, -0.25) is 19.7 Å². The Hall–Kier alpha value is -3.48. The van der Waals surface area contributed by atoms with Crippen molar-refractivity contribution < 1.29 is 9.59 Å². The van der Waals surface area contributed by atoms with Crippen molar-refractivity contribution in [2.45, 2.75) is 13.3 Å². The van der Waals surface area contributed by atoms with Crippen molar-refractivity contribution in [3.05, 3.63) is 71.7 Å². The van der Waals surface area contributed by atoms with E-state index in [-0.39, 0.29) is 11.8 Å². The van der Waals surface area contributed by atoms with Crippen LogP contribution in [0.3, 0.4) is 0 Å². The average Bonchev–Trinajstić information content (AvgIpc) is 3.26. The molecule has 0 atom stereocenters. The molecule has 148 valence electrons. The highest BCUT2D eigenvalue weighted by atomic mass is 16.2. The molecular formula is C22H23N5O2. The summed E-state index contributed by atoms with van der Waals surface area (Å²) < 4.78 is 0. The predicted octanol–water partition coefficient (Wildman–Crippen LogP) is 2.31. The van der Waals surface area contributed by atoms with E-state index in [9.17, 15) is 9.59 Å². The maximum absolute atomic E-state index is 12.8. The summed E-state index contributed by atoms with van der Waals surface area (Å²) in [6.07, 6.45) is 3.79. The number of H-pyrrole nitrogens is 1. The molecule has 1 fully saturated rings. The molecule has 0 bridgehead atoms. The van der Waals surface area contributed by atoms with Gasteiger partial charge in [0.05, 0.1) is 12.1 Å². The number of aryl methyl sites for hydroxylation is 1. The molecule has 1 N–H and O–H groups in total. The Morgan fingerprint density at radius 1 is 1.00 bits per heavy atom. The summed E-state index contributed by atoms with van der Waals surface area (Å²) in [6, 6.07) is 13.4.